The molecule has 8 nitrogen and oxygen atoms in total. The molecule has 8 heteroatoms. The summed E-state index contributed by atoms with van der Waals surface area (Å²) < 4.78 is 17.0. The summed E-state index contributed by atoms with van der Waals surface area (Å²) in [7, 11) is 2.93. The number of nitroso groups, excluding NO2 is 1. The van der Waals surface area contributed by atoms with E-state index in [0.29, 0.717) is 39.9 Å². The maximum Gasteiger partial charge on any atom is 0.308 e. The molecule has 0 saturated carbocycles. The van der Waals surface area contributed by atoms with Crippen LogP contribution in [0.3, 0.4) is 0 Å². The predicted molar refractivity (Wildman–Crippen MR) is 116 cm³/mol. The maximum absolute atomic E-state index is 12.4. The van der Waals surface area contributed by atoms with Crippen LogP contribution < -0.4 is 15.0 Å². The first-order chi connectivity index (χ1) is 14.3. The van der Waals surface area contributed by atoms with Crippen molar-refractivity contribution in [1.82, 2.24) is 0 Å². The van der Waals surface area contributed by atoms with Crippen molar-refractivity contribution in [3.05, 3.63) is 40.3 Å². The SMILES string of the molecule is COc1cc(C(CC=C(C)C)OC(=O)C(C)C)c(OC)c2c(N=O)ccc(NO)c12. The van der Waals surface area contributed by atoms with Crippen molar-refractivity contribution in [2.75, 3.05) is 19.7 Å². The third kappa shape index (κ3) is 4.71. The minimum atomic E-state index is -0.673. The summed E-state index contributed by atoms with van der Waals surface area (Å²) >= 11 is 0. The van der Waals surface area contributed by atoms with Gasteiger partial charge in [0.2, 0.25) is 0 Å². The van der Waals surface area contributed by atoms with Crippen molar-refractivity contribution in [3.63, 3.8) is 0 Å². The van der Waals surface area contributed by atoms with E-state index < -0.39 is 6.10 Å². The normalized spacial score (nSPS) is 11.7. The second-order valence-electron chi connectivity index (χ2n) is 7.38. The highest BCUT2D eigenvalue weighted by Crippen LogP contribution is 2.48. The predicted octanol–water partition coefficient (Wildman–Crippen LogP) is 5.65. The van der Waals surface area contributed by atoms with Gasteiger partial charge in [-0.1, -0.05) is 25.5 Å². The molecule has 0 spiro atoms. The van der Waals surface area contributed by atoms with E-state index in [1.165, 1.54) is 26.4 Å². The molecule has 1 unspecified atom stereocenters. The van der Waals surface area contributed by atoms with Crippen LogP contribution in [0.1, 0.15) is 45.8 Å². The highest BCUT2D eigenvalue weighted by atomic mass is 16.5. The van der Waals surface area contributed by atoms with Gasteiger partial charge in [0.15, 0.2) is 0 Å². The number of hydrogen-bond donors (Lipinski definition) is 2. The van der Waals surface area contributed by atoms with E-state index in [1.807, 2.05) is 19.9 Å². The van der Waals surface area contributed by atoms with Gasteiger partial charge in [-0.15, -0.1) is 4.91 Å². The van der Waals surface area contributed by atoms with E-state index in [9.17, 15) is 14.9 Å². The second-order valence-corrected chi connectivity index (χ2v) is 7.38. The van der Waals surface area contributed by atoms with Gasteiger partial charge in [-0.3, -0.25) is 15.5 Å². The first kappa shape index (κ1) is 23.2. The average Bonchev–Trinajstić information content (AvgIpc) is 2.73. The number of ether oxygens (including phenoxy) is 3. The fourth-order valence-electron chi connectivity index (χ4n) is 3.15. The molecule has 0 bridgehead atoms. The Labute approximate surface area is 175 Å². The summed E-state index contributed by atoms with van der Waals surface area (Å²) in [5.74, 6) is 0.0135. The summed E-state index contributed by atoms with van der Waals surface area (Å²) in [5.41, 5.74) is 4.14. The molecule has 0 heterocycles. The maximum atomic E-state index is 12.4. The van der Waals surface area contributed by atoms with Crippen LogP contribution in [0.4, 0.5) is 11.4 Å². The third-order valence-electron chi connectivity index (χ3n) is 4.67. The van der Waals surface area contributed by atoms with E-state index in [-0.39, 0.29) is 17.6 Å². The molecule has 0 radical (unpaired) electrons. The Kier molecular flexibility index (Phi) is 7.77. The number of allylic oxidation sites excluding steroid dienone is 1. The summed E-state index contributed by atoms with van der Waals surface area (Å²) in [6.07, 6.45) is 1.69. The number of rotatable bonds is 9. The Morgan fingerprint density at radius 3 is 2.40 bits per heavy atom. The fraction of sp³-hybridized carbons (Fsp3) is 0.409. The largest absolute Gasteiger partial charge is 0.496 e. The highest BCUT2D eigenvalue weighted by Gasteiger charge is 2.27. The number of hydrogen-bond acceptors (Lipinski definition) is 8. The van der Waals surface area contributed by atoms with E-state index in [4.69, 9.17) is 14.2 Å². The summed E-state index contributed by atoms with van der Waals surface area (Å²) in [4.78, 5) is 23.9. The van der Waals surface area contributed by atoms with Gasteiger partial charge in [-0.2, -0.15) is 0 Å². The quantitative estimate of drug-likeness (QED) is 0.235. The van der Waals surface area contributed by atoms with Gasteiger partial charge in [-0.25, -0.2) is 0 Å². The lowest BCUT2D eigenvalue weighted by atomic mass is 9.96. The van der Waals surface area contributed by atoms with Crippen LogP contribution in [0.25, 0.3) is 10.8 Å². The van der Waals surface area contributed by atoms with Gasteiger partial charge < -0.3 is 14.2 Å². The van der Waals surface area contributed by atoms with Crippen LogP contribution in [0.2, 0.25) is 0 Å². The van der Waals surface area contributed by atoms with Crippen molar-refractivity contribution in [2.24, 2.45) is 11.1 Å². The number of carbonyl (C=O) groups is 1. The summed E-state index contributed by atoms with van der Waals surface area (Å²) in [6, 6.07) is 4.67. The van der Waals surface area contributed by atoms with Crippen LogP contribution in [0, 0.1) is 10.8 Å². The van der Waals surface area contributed by atoms with Crippen LogP contribution in [0.5, 0.6) is 11.5 Å². The van der Waals surface area contributed by atoms with E-state index in [0.717, 1.165) is 5.57 Å². The molecule has 162 valence electrons. The number of methoxy groups -OCH3 is 2. The van der Waals surface area contributed by atoms with Gasteiger partial charge in [0.1, 0.15) is 23.3 Å². The van der Waals surface area contributed by atoms with Crippen LogP contribution in [-0.4, -0.2) is 25.4 Å². The molecule has 0 amide bonds. The third-order valence-corrected chi connectivity index (χ3v) is 4.67. The molecule has 2 N–H and O–H groups in total. The van der Waals surface area contributed by atoms with Crippen molar-refractivity contribution in [2.45, 2.75) is 40.2 Å². The Bertz CT molecular complexity index is 964. The first-order valence-corrected chi connectivity index (χ1v) is 9.57. The van der Waals surface area contributed by atoms with Crippen molar-refractivity contribution < 1.29 is 24.2 Å². The molecule has 0 aromatic heterocycles. The number of benzene rings is 2. The zero-order chi connectivity index (χ0) is 22.4. The lowest BCUT2D eigenvalue weighted by Crippen LogP contribution is -2.17. The van der Waals surface area contributed by atoms with Crippen LogP contribution >= 0.6 is 0 Å². The van der Waals surface area contributed by atoms with Gasteiger partial charge in [0.25, 0.3) is 0 Å². The molecule has 30 heavy (non-hydrogen) atoms. The Hall–Kier alpha value is -3.13. The van der Waals surface area contributed by atoms with E-state index >= 15 is 0 Å². The Morgan fingerprint density at radius 1 is 1.20 bits per heavy atom. The number of carbonyl (C=O) groups excluding carboxylic acids is 1. The standard InChI is InChI=1S/C22H28N2O6/c1-12(2)7-10-17(30-22(25)13(3)4)14-11-18(28-5)19-15(23-26)8-9-16(24-27)20(19)21(14)29-6/h7-9,11,13,17,23,26H,10H2,1-6H3. The monoisotopic (exact) mass is 416 g/mol. The van der Waals surface area contributed by atoms with Gasteiger partial charge in [-0.05, 0) is 37.2 Å². The molecule has 0 aliphatic rings. The zero-order valence-electron chi connectivity index (χ0n) is 18.1. The first-order valence-electron chi connectivity index (χ1n) is 9.57. The molecule has 0 aliphatic heterocycles. The zero-order valence-corrected chi connectivity index (χ0v) is 18.1. The molecule has 1 atom stereocenters. The number of fused-ring (bicyclic) bond motifs is 1. The Morgan fingerprint density at radius 2 is 1.90 bits per heavy atom. The average molecular weight is 416 g/mol. The molecular weight excluding hydrogens is 388 g/mol. The minimum Gasteiger partial charge on any atom is -0.496 e. The molecule has 2 rings (SSSR count). The smallest absolute Gasteiger partial charge is 0.308 e. The Balaban J connectivity index is 2.86. The molecule has 0 aliphatic carbocycles. The van der Waals surface area contributed by atoms with Gasteiger partial charge in [0, 0.05) is 12.0 Å². The van der Waals surface area contributed by atoms with Crippen molar-refractivity contribution in [1.29, 1.82) is 0 Å². The number of nitrogens with one attached hydrogen (secondary N) is 1. The molecule has 2 aromatic carbocycles. The number of nitrogens with zero attached hydrogens (tertiary/aromatic N) is 1. The topological polar surface area (TPSA) is 106 Å². The molecule has 2 aromatic rings. The van der Waals surface area contributed by atoms with Gasteiger partial charge >= 0.3 is 5.97 Å². The second kappa shape index (κ2) is 10.1. The lowest BCUT2D eigenvalue weighted by Gasteiger charge is -2.24. The van der Waals surface area contributed by atoms with Crippen molar-refractivity contribution in [3.8, 4) is 11.5 Å². The van der Waals surface area contributed by atoms with Crippen molar-refractivity contribution >= 4 is 28.1 Å². The summed E-state index contributed by atoms with van der Waals surface area (Å²) in [6.45, 7) is 7.42. The van der Waals surface area contributed by atoms with Crippen LogP contribution in [-0.2, 0) is 9.53 Å². The number of esters is 1. The summed E-state index contributed by atoms with van der Waals surface area (Å²) in [5, 5.41) is 13.4. The molecular formula is C22H28N2O6. The minimum absolute atomic E-state index is 0.108. The van der Waals surface area contributed by atoms with E-state index in [2.05, 4.69) is 10.7 Å². The molecule has 0 saturated heterocycles. The highest BCUT2D eigenvalue weighted by molar-refractivity contribution is 6.08. The van der Waals surface area contributed by atoms with Gasteiger partial charge in [0.05, 0.1) is 36.6 Å². The number of anilines is 1. The van der Waals surface area contributed by atoms with Crippen LogP contribution in [0.15, 0.2) is 35.0 Å². The molecule has 0 fully saturated rings. The lowest BCUT2D eigenvalue weighted by molar-refractivity contribution is -0.153. The fourth-order valence-corrected chi connectivity index (χ4v) is 3.15. The van der Waals surface area contributed by atoms with E-state index in [1.54, 1.807) is 19.9 Å².